The van der Waals surface area contributed by atoms with Crippen LogP contribution in [-0.4, -0.2) is 45.8 Å². The average Bonchev–Trinajstić information content (AvgIpc) is 3.18. The molecule has 1 fully saturated rings. The van der Waals surface area contributed by atoms with E-state index in [0.717, 1.165) is 60.9 Å². The van der Waals surface area contributed by atoms with E-state index in [1.54, 1.807) is 0 Å². The molecule has 0 radical (unpaired) electrons. The first-order valence-corrected chi connectivity index (χ1v) is 9.53. The minimum Gasteiger partial charge on any atom is -0.368 e. The van der Waals surface area contributed by atoms with Crippen molar-refractivity contribution in [3.05, 3.63) is 60.4 Å². The van der Waals surface area contributed by atoms with Crippen LogP contribution in [0.2, 0.25) is 0 Å². The third-order valence-electron chi connectivity index (χ3n) is 5.30. The second-order valence-corrected chi connectivity index (χ2v) is 6.86. The number of fused-ring (bicyclic) bond motifs is 3. The van der Waals surface area contributed by atoms with Crippen molar-refractivity contribution in [2.75, 3.05) is 36.0 Å². The van der Waals surface area contributed by atoms with Crippen molar-refractivity contribution < 1.29 is 0 Å². The van der Waals surface area contributed by atoms with Gasteiger partial charge in [-0.2, -0.15) is 0 Å². The monoisotopic (exact) mass is 358 g/mol. The van der Waals surface area contributed by atoms with Crippen molar-refractivity contribution in [1.29, 1.82) is 0 Å². The summed E-state index contributed by atoms with van der Waals surface area (Å²) in [4.78, 5) is 9.73. The van der Waals surface area contributed by atoms with Crippen LogP contribution in [0.25, 0.3) is 16.7 Å². The van der Waals surface area contributed by atoms with Crippen LogP contribution in [0, 0.1) is 0 Å². The van der Waals surface area contributed by atoms with Gasteiger partial charge in [-0.1, -0.05) is 37.3 Å². The smallest absolute Gasteiger partial charge is 0.204 e. The molecule has 1 aliphatic rings. The van der Waals surface area contributed by atoms with Crippen molar-refractivity contribution in [3.8, 4) is 0 Å². The Bertz CT molecular complexity index is 1080. The molecule has 0 bridgehead atoms. The lowest BCUT2D eigenvalue weighted by molar-refractivity contribution is 0.648. The molecule has 5 rings (SSSR count). The maximum Gasteiger partial charge on any atom is 0.204 e. The van der Waals surface area contributed by atoms with E-state index in [0.29, 0.717) is 0 Å². The zero-order valence-corrected chi connectivity index (χ0v) is 15.4. The summed E-state index contributed by atoms with van der Waals surface area (Å²) in [6.45, 7) is 5.90. The lowest BCUT2D eigenvalue weighted by atomic mass is 10.2. The quantitative estimate of drug-likeness (QED) is 0.563. The Morgan fingerprint density at radius 3 is 2.30 bits per heavy atom. The first-order chi connectivity index (χ1) is 13.3. The molecule has 27 heavy (non-hydrogen) atoms. The van der Waals surface area contributed by atoms with Crippen LogP contribution in [-0.2, 0) is 6.42 Å². The maximum atomic E-state index is 4.96. The maximum absolute atomic E-state index is 4.96. The summed E-state index contributed by atoms with van der Waals surface area (Å²) in [6, 6.07) is 18.8. The second-order valence-electron chi connectivity index (χ2n) is 6.86. The molecule has 6 nitrogen and oxygen atoms in total. The van der Waals surface area contributed by atoms with Gasteiger partial charge in [0.2, 0.25) is 5.65 Å². The first-order valence-electron chi connectivity index (χ1n) is 9.53. The number of benzene rings is 2. The molecule has 0 saturated carbocycles. The van der Waals surface area contributed by atoms with Crippen LogP contribution in [0.5, 0.6) is 0 Å². The highest BCUT2D eigenvalue weighted by Gasteiger charge is 2.23. The molecule has 6 heteroatoms. The predicted octanol–water partition coefficient (Wildman–Crippen LogP) is 3.17. The highest BCUT2D eigenvalue weighted by Crippen LogP contribution is 2.26. The average molecular weight is 358 g/mol. The predicted molar refractivity (Wildman–Crippen MR) is 109 cm³/mol. The number of para-hydroxylation sites is 3. The fraction of sp³-hybridized carbons (Fsp3) is 0.286. The van der Waals surface area contributed by atoms with Gasteiger partial charge in [-0.3, -0.25) is 4.40 Å². The van der Waals surface area contributed by atoms with Crippen molar-refractivity contribution in [1.82, 2.24) is 19.6 Å². The SMILES string of the molecule is CCc1nnc2c(N3CCN(c4ccccc4)CC3)nc3ccccc3n12. The van der Waals surface area contributed by atoms with Crippen LogP contribution >= 0.6 is 0 Å². The van der Waals surface area contributed by atoms with Gasteiger partial charge < -0.3 is 9.80 Å². The van der Waals surface area contributed by atoms with Crippen LogP contribution in [0.1, 0.15) is 12.7 Å². The van der Waals surface area contributed by atoms with Crippen molar-refractivity contribution in [2.24, 2.45) is 0 Å². The molecule has 3 heterocycles. The van der Waals surface area contributed by atoms with Gasteiger partial charge in [-0.05, 0) is 24.3 Å². The molecule has 0 unspecified atom stereocenters. The molecule has 0 spiro atoms. The Balaban J connectivity index is 1.53. The van der Waals surface area contributed by atoms with Gasteiger partial charge in [0.05, 0.1) is 11.0 Å². The van der Waals surface area contributed by atoms with E-state index in [4.69, 9.17) is 4.98 Å². The third-order valence-corrected chi connectivity index (χ3v) is 5.30. The van der Waals surface area contributed by atoms with Crippen molar-refractivity contribution >= 4 is 28.2 Å². The van der Waals surface area contributed by atoms with Gasteiger partial charge in [-0.15, -0.1) is 10.2 Å². The second kappa shape index (κ2) is 6.54. The Morgan fingerprint density at radius 2 is 1.52 bits per heavy atom. The Hall–Kier alpha value is -3.15. The lowest BCUT2D eigenvalue weighted by Crippen LogP contribution is -2.47. The highest BCUT2D eigenvalue weighted by atomic mass is 15.3. The Kier molecular flexibility index (Phi) is 3.89. The van der Waals surface area contributed by atoms with E-state index in [1.807, 2.05) is 12.1 Å². The molecule has 0 amide bonds. The van der Waals surface area contributed by atoms with E-state index in [9.17, 15) is 0 Å². The van der Waals surface area contributed by atoms with Gasteiger partial charge in [0, 0.05) is 38.3 Å². The van der Waals surface area contributed by atoms with Gasteiger partial charge >= 0.3 is 0 Å². The zero-order valence-electron chi connectivity index (χ0n) is 15.4. The highest BCUT2D eigenvalue weighted by molar-refractivity contribution is 5.83. The minimum atomic E-state index is 0.844. The summed E-state index contributed by atoms with van der Waals surface area (Å²) in [7, 11) is 0. The number of aryl methyl sites for hydroxylation is 1. The fourth-order valence-corrected chi connectivity index (χ4v) is 3.88. The van der Waals surface area contributed by atoms with Crippen LogP contribution < -0.4 is 9.80 Å². The van der Waals surface area contributed by atoms with E-state index in [-0.39, 0.29) is 0 Å². The number of aromatic nitrogens is 4. The summed E-state index contributed by atoms with van der Waals surface area (Å²) in [5.41, 5.74) is 4.20. The summed E-state index contributed by atoms with van der Waals surface area (Å²) in [5.74, 6) is 1.92. The normalized spacial score (nSPS) is 15.0. The van der Waals surface area contributed by atoms with Crippen molar-refractivity contribution in [2.45, 2.75) is 13.3 Å². The minimum absolute atomic E-state index is 0.844. The molecule has 0 N–H and O–H groups in total. The number of hydrogen-bond acceptors (Lipinski definition) is 5. The summed E-state index contributed by atoms with van der Waals surface area (Å²) >= 11 is 0. The van der Waals surface area contributed by atoms with Crippen LogP contribution in [0.4, 0.5) is 11.5 Å². The molecule has 1 saturated heterocycles. The fourth-order valence-electron chi connectivity index (χ4n) is 3.88. The molecule has 2 aromatic heterocycles. The molecule has 136 valence electrons. The van der Waals surface area contributed by atoms with Gasteiger partial charge in [0.1, 0.15) is 5.82 Å². The largest absolute Gasteiger partial charge is 0.368 e. The van der Waals surface area contributed by atoms with Crippen LogP contribution in [0.3, 0.4) is 0 Å². The summed E-state index contributed by atoms with van der Waals surface area (Å²) < 4.78 is 2.17. The topological polar surface area (TPSA) is 49.6 Å². The number of nitrogens with zero attached hydrogens (tertiary/aromatic N) is 6. The van der Waals surface area contributed by atoms with Crippen LogP contribution in [0.15, 0.2) is 54.6 Å². The van der Waals surface area contributed by atoms with Gasteiger partial charge in [-0.25, -0.2) is 4.98 Å². The number of hydrogen-bond donors (Lipinski definition) is 0. The Morgan fingerprint density at radius 1 is 0.815 bits per heavy atom. The summed E-state index contributed by atoms with van der Waals surface area (Å²) in [6.07, 6.45) is 0.844. The zero-order chi connectivity index (χ0) is 18.2. The molecular weight excluding hydrogens is 336 g/mol. The van der Waals surface area contributed by atoms with E-state index < -0.39 is 0 Å². The summed E-state index contributed by atoms with van der Waals surface area (Å²) in [5, 5.41) is 8.90. The molecule has 0 aliphatic carbocycles. The molecular formula is C21H22N6. The molecule has 4 aromatic rings. The van der Waals surface area contributed by atoms with Gasteiger partial charge in [0.15, 0.2) is 5.82 Å². The van der Waals surface area contributed by atoms with E-state index in [1.165, 1.54) is 5.69 Å². The Labute approximate surface area is 158 Å². The third kappa shape index (κ3) is 2.68. The first kappa shape index (κ1) is 16.1. The van der Waals surface area contributed by atoms with Crippen molar-refractivity contribution in [3.63, 3.8) is 0 Å². The van der Waals surface area contributed by atoms with E-state index in [2.05, 4.69) is 73.8 Å². The molecule has 2 aromatic carbocycles. The standard InChI is InChI=1S/C21H22N6/c1-2-19-23-24-21-20(22-17-10-6-7-11-18(17)27(19)21)26-14-12-25(13-15-26)16-8-4-3-5-9-16/h3-11H,2,12-15H2,1H3. The number of rotatable bonds is 3. The molecule has 0 atom stereocenters. The molecule has 1 aliphatic heterocycles. The van der Waals surface area contributed by atoms with Gasteiger partial charge in [0.25, 0.3) is 0 Å². The van der Waals surface area contributed by atoms with E-state index >= 15 is 0 Å². The number of anilines is 2. The number of piperazine rings is 1. The lowest BCUT2D eigenvalue weighted by Gasteiger charge is -2.36.